The van der Waals surface area contributed by atoms with E-state index in [1.807, 2.05) is 91.1 Å². The van der Waals surface area contributed by atoms with Gasteiger partial charge in [-0.1, -0.05) is 133 Å². The van der Waals surface area contributed by atoms with E-state index in [0.717, 1.165) is 99.7 Å². The number of hydrogen-bond acceptors (Lipinski definition) is 10. The monoisotopic (exact) mass is 1010 g/mol. The van der Waals surface area contributed by atoms with Crippen molar-refractivity contribution in [2.75, 3.05) is 13.2 Å². The number of furan rings is 1. The predicted octanol–water partition coefficient (Wildman–Crippen LogP) is 14.4. The number of nitrogens with zero attached hydrogens (tertiary/aromatic N) is 5. The van der Waals surface area contributed by atoms with E-state index in [-0.39, 0.29) is 25.3 Å². The van der Waals surface area contributed by atoms with Crippen LogP contribution in [0.25, 0.3) is 88.6 Å². The van der Waals surface area contributed by atoms with Crippen molar-refractivity contribution < 1.29 is 13.9 Å². The minimum absolute atomic E-state index is 0.270. The summed E-state index contributed by atoms with van der Waals surface area (Å²) in [5, 5.41) is 19.7. The molecule has 0 aliphatic carbocycles. The zero-order chi connectivity index (χ0) is 51.4. The van der Waals surface area contributed by atoms with Gasteiger partial charge in [-0.3, -0.25) is 26.0 Å². The Labute approximate surface area is 444 Å². The number of pyridine rings is 2. The smallest absolute Gasteiger partial charge is 0.155 e. The van der Waals surface area contributed by atoms with Crippen LogP contribution in [-0.4, -0.2) is 60.7 Å². The maximum Gasteiger partial charge on any atom is 0.155 e. The summed E-state index contributed by atoms with van der Waals surface area (Å²) in [6.07, 6.45) is 4.88. The third-order valence-corrected chi connectivity index (χ3v) is 14.9. The number of ether oxygens (including phenoxy) is 2. The highest BCUT2D eigenvalue weighted by Gasteiger charge is 2.27. The largest absolute Gasteiger partial charge is 0.490 e. The van der Waals surface area contributed by atoms with E-state index in [1.165, 1.54) is 4.88 Å². The van der Waals surface area contributed by atoms with Crippen LogP contribution in [0.4, 0.5) is 0 Å². The Bertz CT molecular complexity index is 3660. The average molecular weight is 1020 g/mol. The first-order valence-corrected chi connectivity index (χ1v) is 26.3. The van der Waals surface area contributed by atoms with E-state index in [2.05, 4.69) is 150 Å². The van der Waals surface area contributed by atoms with Crippen molar-refractivity contribution in [3.63, 3.8) is 0 Å². The molecule has 0 saturated carbocycles. The molecule has 6 heterocycles. The molecule has 374 valence electrons. The molecule has 4 N–H and O–H groups in total. The standard InChI is InChI=1S/C64H54N8O3S/c1-41-23-29-59(75-41)63-55-33-47(25-27-57(55)68-70-63)53-35-51(37-66-61(53)45-19-11-5-12-20-45)73-39-49(31-43-15-7-3-8-16-43)72(65)50(32-44-17-9-4-10-18-44)40-74-52-36-54(62(67-38-52)46-21-13-6-14-22-46)48-26-28-58-56(34-48)64(71-69-58)60-30-24-42(2)76-60/h3-30,33-38,49-50H,31-32,39-40,65H2,1-2H3,(H,68,70)(H,69,71)/t49-,50-/m0/s1. The minimum Gasteiger partial charge on any atom is -0.490 e. The fourth-order valence-electron chi connectivity index (χ4n) is 9.96. The Balaban J connectivity index is 0.868. The number of aromatic nitrogens is 6. The molecule has 0 fully saturated rings. The molecule has 0 saturated heterocycles. The lowest BCUT2D eigenvalue weighted by Crippen LogP contribution is -2.54. The summed E-state index contributed by atoms with van der Waals surface area (Å²) in [6, 6.07) is 65.8. The van der Waals surface area contributed by atoms with Gasteiger partial charge in [0.2, 0.25) is 0 Å². The second-order valence-electron chi connectivity index (χ2n) is 19.1. The first-order chi connectivity index (χ1) is 37.4. The van der Waals surface area contributed by atoms with E-state index >= 15 is 0 Å². The fourth-order valence-corrected chi connectivity index (χ4v) is 10.8. The van der Waals surface area contributed by atoms with Gasteiger partial charge in [0.1, 0.15) is 41.9 Å². The molecule has 0 spiro atoms. The summed E-state index contributed by atoms with van der Waals surface area (Å²) in [5.41, 5.74) is 13.4. The first kappa shape index (κ1) is 48.0. The van der Waals surface area contributed by atoms with Crippen LogP contribution in [0.5, 0.6) is 11.5 Å². The number of aromatic amines is 2. The lowest BCUT2D eigenvalue weighted by molar-refractivity contribution is 0.0632. The summed E-state index contributed by atoms with van der Waals surface area (Å²) >= 11 is 1.74. The molecule has 12 heteroatoms. The summed E-state index contributed by atoms with van der Waals surface area (Å²) in [5.74, 6) is 10.2. The van der Waals surface area contributed by atoms with Gasteiger partial charge in [0.25, 0.3) is 0 Å². The van der Waals surface area contributed by atoms with Crippen LogP contribution in [0, 0.1) is 13.8 Å². The van der Waals surface area contributed by atoms with E-state index in [4.69, 9.17) is 34.8 Å². The molecule has 12 rings (SSSR count). The van der Waals surface area contributed by atoms with Gasteiger partial charge in [-0.15, -0.1) is 11.3 Å². The highest BCUT2D eigenvalue weighted by Crippen LogP contribution is 2.40. The molecule has 12 aromatic rings. The Kier molecular flexibility index (Phi) is 13.6. The number of aryl methyl sites for hydroxylation is 2. The number of nitrogens with one attached hydrogen (secondary N) is 2. The van der Waals surface area contributed by atoms with Crippen molar-refractivity contribution in [1.82, 2.24) is 35.4 Å². The average Bonchev–Trinajstić information content (AvgIpc) is 4.32. The van der Waals surface area contributed by atoms with Gasteiger partial charge in [0, 0.05) is 37.9 Å². The number of rotatable bonds is 18. The van der Waals surface area contributed by atoms with Crippen molar-refractivity contribution in [3.8, 4) is 78.3 Å². The van der Waals surface area contributed by atoms with Crippen molar-refractivity contribution in [3.05, 3.63) is 228 Å². The van der Waals surface area contributed by atoms with Crippen molar-refractivity contribution in [2.45, 2.75) is 38.8 Å². The molecule has 0 bridgehead atoms. The number of H-pyrrole nitrogens is 2. The van der Waals surface area contributed by atoms with Gasteiger partial charge in [-0.05, 0) is 110 Å². The Morgan fingerprint density at radius 1 is 0.513 bits per heavy atom. The maximum absolute atomic E-state index is 7.46. The number of thiophene rings is 1. The van der Waals surface area contributed by atoms with Crippen LogP contribution in [0.3, 0.4) is 0 Å². The van der Waals surface area contributed by atoms with Crippen LogP contribution in [0.1, 0.15) is 21.8 Å². The molecule has 0 aliphatic heterocycles. The Morgan fingerprint density at radius 2 is 1.00 bits per heavy atom. The van der Waals surface area contributed by atoms with Gasteiger partial charge in [-0.25, -0.2) is 5.01 Å². The van der Waals surface area contributed by atoms with E-state index < -0.39 is 0 Å². The van der Waals surface area contributed by atoms with E-state index in [1.54, 1.807) is 11.3 Å². The molecule has 76 heavy (non-hydrogen) atoms. The van der Waals surface area contributed by atoms with E-state index in [0.29, 0.717) is 30.1 Å². The molecular weight excluding hydrogens is 961 g/mol. The minimum atomic E-state index is -0.282. The summed E-state index contributed by atoms with van der Waals surface area (Å²) in [6.45, 7) is 4.60. The molecule has 6 aromatic carbocycles. The number of hydrogen-bond donors (Lipinski definition) is 3. The molecule has 0 radical (unpaired) electrons. The number of hydrazine groups is 1. The van der Waals surface area contributed by atoms with Gasteiger partial charge in [0.05, 0.1) is 51.8 Å². The number of benzene rings is 6. The zero-order valence-electron chi connectivity index (χ0n) is 42.1. The Hall–Kier alpha value is -8.94. The second kappa shape index (κ2) is 21.5. The summed E-state index contributed by atoms with van der Waals surface area (Å²) in [7, 11) is 0. The lowest BCUT2D eigenvalue weighted by Gasteiger charge is -2.34. The van der Waals surface area contributed by atoms with Gasteiger partial charge < -0.3 is 13.9 Å². The summed E-state index contributed by atoms with van der Waals surface area (Å²) < 4.78 is 19.7. The topological polar surface area (TPSA) is 144 Å². The van der Waals surface area contributed by atoms with Crippen LogP contribution < -0.4 is 15.3 Å². The Morgan fingerprint density at radius 3 is 1.47 bits per heavy atom. The quantitative estimate of drug-likeness (QED) is 0.0565. The third kappa shape index (κ3) is 10.3. The second-order valence-corrected chi connectivity index (χ2v) is 20.4. The van der Waals surface area contributed by atoms with Crippen LogP contribution in [0.15, 0.2) is 211 Å². The van der Waals surface area contributed by atoms with Crippen LogP contribution >= 0.6 is 11.3 Å². The number of fused-ring (bicyclic) bond motifs is 2. The van der Waals surface area contributed by atoms with Gasteiger partial charge >= 0.3 is 0 Å². The van der Waals surface area contributed by atoms with Crippen LogP contribution in [0.2, 0.25) is 0 Å². The van der Waals surface area contributed by atoms with Crippen molar-refractivity contribution >= 4 is 33.1 Å². The lowest BCUT2D eigenvalue weighted by atomic mass is 9.97. The highest BCUT2D eigenvalue weighted by molar-refractivity contribution is 7.15. The zero-order valence-corrected chi connectivity index (χ0v) is 42.9. The fraction of sp³-hybridized carbons (Fsp3) is 0.125. The van der Waals surface area contributed by atoms with Gasteiger partial charge in [0.15, 0.2) is 5.76 Å². The normalized spacial score (nSPS) is 12.4. The SMILES string of the molecule is Cc1ccc(-c2n[nH]c3ccc(-c4cc(OC[C@H](Cc5ccccc5)N(N)[C@H](COc5cnc(-c6ccccc6)c(-c6ccc7[nH]nc(-c8ccc(C)s8)c7c6)c5)Cc5ccccc5)cnc4-c4ccccc4)cc23)o1. The van der Waals surface area contributed by atoms with E-state index in [9.17, 15) is 0 Å². The highest BCUT2D eigenvalue weighted by atomic mass is 32.1. The molecule has 2 atom stereocenters. The summed E-state index contributed by atoms with van der Waals surface area (Å²) in [4.78, 5) is 12.5. The molecule has 0 amide bonds. The van der Waals surface area contributed by atoms with Gasteiger partial charge in [-0.2, -0.15) is 10.2 Å². The molecular formula is C64H54N8O3S. The predicted molar refractivity (Wildman–Crippen MR) is 305 cm³/mol. The maximum atomic E-state index is 7.46. The molecule has 11 nitrogen and oxygen atoms in total. The van der Waals surface area contributed by atoms with Crippen LogP contribution in [-0.2, 0) is 12.8 Å². The van der Waals surface area contributed by atoms with Crippen molar-refractivity contribution in [1.29, 1.82) is 0 Å². The first-order valence-electron chi connectivity index (χ1n) is 25.4. The molecule has 6 aromatic heterocycles. The molecule has 0 unspecified atom stereocenters. The molecule has 0 aliphatic rings. The van der Waals surface area contributed by atoms with Crippen molar-refractivity contribution in [2.24, 2.45) is 5.84 Å². The number of nitrogens with two attached hydrogens (primary N) is 1. The third-order valence-electron chi connectivity index (χ3n) is 13.9.